The standard InChI is InChI=1S/C30H35N5O6S3/c1-3-20(2)14-35(44(39,40)23-9-10-24-28(12-23)43-19-32-24)16-26(36)25(11-21-7-5-4-6-8-21)33-29(37)27-17-34(30(38)41-27)15-22-13-31-18-42-22/h4-10,12-13,18-20,25-27,36H,3,11,14-17H2,1-2H3,(H,33,37)/t20-,25-,26+,27-/m0/s1. The highest BCUT2D eigenvalue weighted by atomic mass is 32.2. The summed E-state index contributed by atoms with van der Waals surface area (Å²) in [6, 6.07) is 13.3. The lowest BCUT2D eigenvalue weighted by Gasteiger charge is -2.31. The highest BCUT2D eigenvalue weighted by molar-refractivity contribution is 7.89. The van der Waals surface area contributed by atoms with Crippen LogP contribution in [0.3, 0.4) is 0 Å². The largest absolute Gasteiger partial charge is 0.434 e. The number of carbonyl (C=O) groups excluding carboxylic acids is 2. The number of hydrogen-bond donors (Lipinski definition) is 2. The zero-order valence-corrected chi connectivity index (χ0v) is 26.9. The van der Waals surface area contributed by atoms with E-state index in [-0.39, 0.29) is 43.4 Å². The molecule has 0 radical (unpaired) electrons. The van der Waals surface area contributed by atoms with E-state index >= 15 is 0 Å². The summed E-state index contributed by atoms with van der Waals surface area (Å²) in [6.45, 7) is 4.21. The molecule has 234 valence electrons. The van der Waals surface area contributed by atoms with E-state index in [0.717, 1.165) is 21.6 Å². The molecule has 4 aromatic rings. The monoisotopic (exact) mass is 657 g/mol. The first-order chi connectivity index (χ1) is 21.1. The Hall–Kier alpha value is -3.43. The van der Waals surface area contributed by atoms with Gasteiger partial charge in [-0.05, 0) is 36.1 Å². The van der Waals surface area contributed by atoms with Gasteiger partial charge in [0.25, 0.3) is 5.91 Å². The second kappa shape index (κ2) is 14.1. The van der Waals surface area contributed by atoms with Crippen LogP contribution < -0.4 is 5.32 Å². The summed E-state index contributed by atoms with van der Waals surface area (Å²) >= 11 is 2.75. The highest BCUT2D eigenvalue weighted by Gasteiger charge is 2.38. The molecule has 0 saturated carbocycles. The third-order valence-electron chi connectivity index (χ3n) is 7.64. The Morgan fingerprint density at radius 2 is 1.98 bits per heavy atom. The molecule has 1 fully saturated rings. The maximum Gasteiger partial charge on any atom is 0.411 e. The van der Waals surface area contributed by atoms with Gasteiger partial charge in [0.05, 0.1) is 51.4 Å². The number of nitrogens with one attached hydrogen (secondary N) is 1. The first-order valence-electron chi connectivity index (χ1n) is 14.3. The van der Waals surface area contributed by atoms with Crippen molar-refractivity contribution in [3.63, 3.8) is 0 Å². The lowest BCUT2D eigenvalue weighted by atomic mass is 10.0. The predicted octanol–water partition coefficient (Wildman–Crippen LogP) is 3.90. The van der Waals surface area contributed by atoms with E-state index < -0.39 is 40.3 Å². The van der Waals surface area contributed by atoms with Gasteiger partial charge >= 0.3 is 6.09 Å². The molecular formula is C30H35N5O6S3. The van der Waals surface area contributed by atoms with Crippen molar-refractivity contribution in [1.29, 1.82) is 0 Å². The van der Waals surface area contributed by atoms with Gasteiger partial charge in [-0.2, -0.15) is 4.31 Å². The Kier molecular flexibility index (Phi) is 10.3. The van der Waals surface area contributed by atoms with Crippen molar-refractivity contribution in [1.82, 2.24) is 24.5 Å². The van der Waals surface area contributed by atoms with Gasteiger partial charge in [0.2, 0.25) is 10.0 Å². The summed E-state index contributed by atoms with van der Waals surface area (Å²) in [5.74, 6) is -0.536. The third-order valence-corrected chi connectivity index (χ3v) is 11.0. The summed E-state index contributed by atoms with van der Waals surface area (Å²) in [6.07, 6.45) is -0.314. The second-order valence-corrected chi connectivity index (χ2v) is 14.7. The number of aliphatic hydroxyl groups excluding tert-OH is 1. The minimum absolute atomic E-state index is 0.0219. The number of hydrogen-bond acceptors (Lipinski definition) is 10. The number of aromatic nitrogens is 2. The molecule has 1 aliphatic heterocycles. The van der Waals surface area contributed by atoms with Crippen LogP contribution >= 0.6 is 22.7 Å². The minimum atomic E-state index is -4.00. The number of rotatable bonds is 14. The van der Waals surface area contributed by atoms with Crippen LogP contribution in [-0.2, 0) is 32.5 Å². The van der Waals surface area contributed by atoms with Gasteiger partial charge in [0, 0.05) is 24.2 Å². The molecular weight excluding hydrogens is 623 g/mol. The molecule has 0 aliphatic carbocycles. The molecule has 44 heavy (non-hydrogen) atoms. The number of thiazole rings is 2. The molecule has 0 bridgehead atoms. The lowest BCUT2D eigenvalue weighted by molar-refractivity contribution is -0.129. The predicted molar refractivity (Wildman–Crippen MR) is 169 cm³/mol. The lowest BCUT2D eigenvalue weighted by Crippen LogP contribution is -2.53. The number of benzene rings is 2. The van der Waals surface area contributed by atoms with Crippen LogP contribution in [0.4, 0.5) is 4.79 Å². The van der Waals surface area contributed by atoms with Crippen molar-refractivity contribution >= 4 is 54.9 Å². The van der Waals surface area contributed by atoms with Crippen molar-refractivity contribution in [3.05, 3.63) is 76.2 Å². The summed E-state index contributed by atoms with van der Waals surface area (Å²) in [5.41, 5.74) is 4.89. The molecule has 0 unspecified atom stereocenters. The number of fused-ring (bicyclic) bond motifs is 1. The molecule has 1 saturated heterocycles. The topological polar surface area (TPSA) is 142 Å². The zero-order valence-electron chi connectivity index (χ0n) is 24.4. The minimum Gasteiger partial charge on any atom is -0.434 e. The average Bonchev–Trinajstić information content (AvgIpc) is 3.78. The number of cyclic esters (lactones) is 1. The normalized spacial score (nSPS) is 17.5. The van der Waals surface area contributed by atoms with Crippen LogP contribution in [-0.4, -0.2) is 82.6 Å². The summed E-state index contributed by atoms with van der Waals surface area (Å²) in [5, 5.41) is 14.5. The van der Waals surface area contributed by atoms with E-state index in [4.69, 9.17) is 4.74 Å². The SMILES string of the molecule is CC[C@H](C)CN(C[C@@H](O)[C@H](Cc1ccccc1)NC(=O)[C@@H]1CN(Cc2cncs2)C(=O)O1)S(=O)(=O)c1ccc2ncsc2c1. The molecule has 2 N–H and O–H groups in total. The fourth-order valence-electron chi connectivity index (χ4n) is 4.94. The molecule has 2 aromatic heterocycles. The van der Waals surface area contributed by atoms with Gasteiger partial charge in [0.15, 0.2) is 6.10 Å². The Balaban J connectivity index is 1.35. The van der Waals surface area contributed by atoms with Crippen molar-refractivity contribution in [2.45, 2.75) is 56.4 Å². The number of nitrogens with zero attached hydrogens (tertiary/aromatic N) is 4. The van der Waals surface area contributed by atoms with Crippen LogP contribution in [0.2, 0.25) is 0 Å². The second-order valence-electron chi connectivity index (χ2n) is 10.9. The Morgan fingerprint density at radius 3 is 2.70 bits per heavy atom. The summed E-state index contributed by atoms with van der Waals surface area (Å²) in [4.78, 5) is 36.6. The van der Waals surface area contributed by atoms with Crippen LogP contribution in [0.5, 0.6) is 0 Å². The number of sulfonamides is 1. The van der Waals surface area contributed by atoms with Gasteiger partial charge in [-0.15, -0.1) is 22.7 Å². The maximum atomic E-state index is 13.9. The molecule has 0 spiro atoms. The molecule has 5 rings (SSSR count). The molecule has 11 nitrogen and oxygen atoms in total. The van der Waals surface area contributed by atoms with Crippen molar-refractivity contribution in [2.24, 2.45) is 5.92 Å². The average molecular weight is 658 g/mol. The molecule has 14 heteroatoms. The van der Waals surface area contributed by atoms with Gasteiger partial charge < -0.3 is 15.2 Å². The van der Waals surface area contributed by atoms with Crippen LogP contribution in [0.15, 0.2) is 70.6 Å². The van der Waals surface area contributed by atoms with E-state index in [1.165, 1.54) is 37.9 Å². The molecule has 1 aliphatic rings. The van der Waals surface area contributed by atoms with Gasteiger partial charge in [-0.1, -0.05) is 50.6 Å². The Labute approximate surface area is 264 Å². The quantitative estimate of drug-likeness (QED) is 0.208. The number of amides is 2. The fraction of sp³-hybridized carbons (Fsp3) is 0.400. The molecule has 3 heterocycles. The van der Waals surface area contributed by atoms with E-state index in [1.54, 1.807) is 29.4 Å². The van der Waals surface area contributed by atoms with Gasteiger partial charge in [-0.3, -0.25) is 14.7 Å². The van der Waals surface area contributed by atoms with Crippen LogP contribution in [0.1, 0.15) is 30.7 Å². The van der Waals surface area contributed by atoms with E-state index in [9.17, 15) is 23.1 Å². The van der Waals surface area contributed by atoms with Crippen LogP contribution in [0.25, 0.3) is 10.2 Å². The maximum absolute atomic E-state index is 13.9. The summed E-state index contributed by atoms with van der Waals surface area (Å²) in [7, 11) is -4.00. The fourth-order valence-corrected chi connectivity index (χ4v) is 7.94. The van der Waals surface area contributed by atoms with Crippen molar-refractivity contribution in [2.75, 3.05) is 19.6 Å². The smallest absolute Gasteiger partial charge is 0.411 e. The van der Waals surface area contributed by atoms with Crippen molar-refractivity contribution < 1.29 is 27.9 Å². The Bertz CT molecular complexity index is 1660. The zero-order chi connectivity index (χ0) is 31.3. The first-order valence-corrected chi connectivity index (χ1v) is 17.5. The van der Waals surface area contributed by atoms with E-state index in [2.05, 4.69) is 15.3 Å². The highest BCUT2D eigenvalue weighted by Crippen LogP contribution is 2.26. The first kappa shape index (κ1) is 32.0. The van der Waals surface area contributed by atoms with Crippen LogP contribution in [0, 0.1) is 5.92 Å². The number of ether oxygens (including phenoxy) is 1. The van der Waals surface area contributed by atoms with Gasteiger partial charge in [0.1, 0.15) is 0 Å². The number of carbonyl (C=O) groups is 2. The van der Waals surface area contributed by atoms with E-state index in [0.29, 0.717) is 5.52 Å². The molecule has 2 aromatic carbocycles. The van der Waals surface area contributed by atoms with E-state index in [1.807, 2.05) is 44.2 Å². The van der Waals surface area contributed by atoms with Gasteiger partial charge in [-0.25, -0.2) is 18.2 Å². The summed E-state index contributed by atoms with van der Waals surface area (Å²) < 4.78 is 35.3. The van der Waals surface area contributed by atoms with Crippen molar-refractivity contribution in [3.8, 4) is 0 Å². The number of aliphatic hydroxyl groups is 1. The molecule has 2 amide bonds. The molecule has 4 atom stereocenters. The third kappa shape index (κ3) is 7.61. The Morgan fingerprint density at radius 1 is 1.18 bits per heavy atom.